The first-order valence-electron chi connectivity index (χ1n) is 8.71. The fourth-order valence-electron chi connectivity index (χ4n) is 3.57. The molecule has 0 bridgehead atoms. The lowest BCUT2D eigenvalue weighted by Crippen LogP contribution is -2.45. The van der Waals surface area contributed by atoms with Crippen LogP contribution in [0.15, 0.2) is 18.2 Å². The predicted molar refractivity (Wildman–Crippen MR) is 91.2 cm³/mol. The summed E-state index contributed by atoms with van der Waals surface area (Å²) in [4.78, 5) is 26.7. The number of hydrogen-bond acceptors (Lipinski definition) is 2. The molecule has 1 aliphatic heterocycles. The molecule has 0 aromatic heterocycles. The van der Waals surface area contributed by atoms with E-state index in [4.69, 9.17) is 0 Å². The van der Waals surface area contributed by atoms with Gasteiger partial charge in [-0.1, -0.05) is 12.5 Å². The number of rotatable bonds is 3. The zero-order valence-electron chi connectivity index (χ0n) is 14.1. The second-order valence-electron chi connectivity index (χ2n) is 7.09. The Bertz CT molecular complexity index is 579. The quantitative estimate of drug-likeness (QED) is 0.931. The summed E-state index contributed by atoms with van der Waals surface area (Å²) in [6.45, 7) is 5.51. The van der Waals surface area contributed by atoms with Gasteiger partial charge in [-0.05, 0) is 62.8 Å². The van der Waals surface area contributed by atoms with Crippen LogP contribution in [0.2, 0.25) is 0 Å². The number of amides is 2. The molecule has 23 heavy (non-hydrogen) atoms. The van der Waals surface area contributed by atoms with Crippen LogP contribution in [-0.4, -0.2) is 29.8 Å². The van der Waals surface area contributed by atoms with Crippen molar-refractivity contribution in [3.8, 4) is 0 Å². The van der Waals surface area contributed by atoms with Gasteiger partial charge in [-0.2, -0.15) is 0 Å². The van der Waals surface area contributed by atoms with Crippen molar-refractivity contribution in [2.24, 2.45) is 11.8 Å². The van der Waals surface area contributed by atoms with E-state index in [-0.39, 0.29) is 17.7 Å². The Labute approximate surface area is 138 Å². The molecule has 1 N–H and O–H groups in total. The highest BCUT2D eigenvalue weighted by molar-refractivity contribution is 5.93. The normalized spacial score (nSPS) is 19.3. The highest BCUT2D eigenvalue weighted by Crippen LogP contribution is 2.30. The molecule has 124 valence electrons. The summed E-state index contributed by atoms with van der Waals surface area (Å²) in [5.41, 5.74) is 3.18. The van der Waals surface area contributed by atoms with Gasteiger partial charge in [-0.15, -0.1) is 0 Å². The van der Waals surface area contributed by atoms with Crippen LogP contribution >= 0.6 is 0 Å². The summed E-state index contributed by atoms with van der Waals surface area (Å²) in [5.74, 6) is 0.673. The number of piperidine rings is 1. The van der Waals surface area contributed by atoms with Crippen LogP contribution in [0.3, 0.4) is 0 Å². The summed E-state index contributed by atoms with van der Waals surface area (Å²) in [7, 11) is 0. The molecular weight excluding hydrogens is 288 g/mol. The Morgan fingerprint density at radius 1 is 0.957 bits per heavy atom. The minimum Gasteiger partial charge on any atom is -0.342 e. The van der Waals surface area contributed by atoms with Gasteiger partial charge in [0.1, 0.15) is 0 Å². The molecule has 0 unspecified atom stereocenters. The molecule has 2 fully saturated rings. The third-order valence-corrected chi connectivity index (χ3v) is 5.12. The molecule has 1 saturated heterocycles. The van der Waals surface area contributed by atoms with Gasteiger partial charge in [0.2, 0.25) is 11.8 Å². The SMILES string of the molecule is Cc1cc(C)cc(NC(=O)C2CCN(C(=O)C3CCC3)CC2)c1. The Kier molecular flexibility index (Phi) is 4.69. The van der Waals surface area contributed by atoms with Gasteiger partial charge < -0.3 is 10.2 Å². The number of anilines is 1. The van der Waals surface area contributed by atoms with Crippen molar-refractivity contribution < 1.29 is 9.59 Å². The molecule has 0 atom stereocenters. The number of nitrogens with zero attached hydrogens (tertiary/aromatic N) is 1. The smallest absolute Gasteiger partial charge is 0.227 e. The molecule has 1 saturated carbocycles. The van der Waals surface area contributed by atoms with Gasteiger partial charge in [0.25, 0.3) is 0 Å². The molecule has 4 nitrogen and oxygen atoms in total. The van der Waals surface area contributed by atoms with Gasteiger partial charge in [0.05, 0.1) is 0 Å². The summed E-state index contributed by atoms with van der Waals surface area (Å²) in [5, 5.41) is 3.04. The van der Waals surface area contributed by atoms with E-state index in [2.05, 4.69) is 11.4 Å². The lowest BCUT2D eigenvalue weighted by atomic mass is 9.83. The van der Waals surface area contributed by atoms with Crippen LogP contribution in [0.4, 0.5) is 5.69 Å². The van der Waals surface area contributed by atoms with Crippen LogP contribution in [0.25, 0.3) is 0 Å². The summed E-state index contributed by atoms with van der Waals surface area (Å²) < 4.78 is 0. The van der Waals surface area contributed by atoms with Crippen molar-refractivity contribution in [1.82, 2.24) is 4.90 Å². The summed E-state index contributed by atoms with van der Waals surface area (Å²) >= 11 is 0. The molecule has 1 aromatic rings. The van der Waals surface area contributed by atoms with Crippen LogP contribution in [0.5, 0.6) is 0 Å². The van der Waals surface area contributed by atoms with Crippen molar-refractivity contribution in [2.45, 2.75) is 46.0 Å². The van der Waals surface area contributed by atoms with E-state index in [1.54, 1.807) is 0 Å². The van der Waals surface area contributed by atoms with Crippen LogP contribution in [-0.2, 0) is 9.59 Å². The Balaban J connectivity index is 1.52. The molecule has 0 radical (unpaired) electrons. The zero-order valence-corrected chi connectivity index (χ0v) is 14.1. The number of carbonyl (C=O) groups is 2. The second kappa shape index (κ2) is 6.73. The van der Waals surface area contributed by atoms with E-state index in [0.717, 1.165) is 55.6 Å². The first kappa shape index (κ1) is 16.0. The van der Waals surface area contributed by atoms with Crippen LogP contribution in [0.1, 0.15) is 43.2 Å². The van der Waals surface area contributed by atoms with E-state index in [9.17, 15) is 9.59 Å². The molecule has 2 amide bonds. The molecule has 1 aliphatic carbocycles. The van der Waals surface area contributed by atoms with Gasteiger partial charge in [-0.25, -0.2) is 0 Å². The van der Waals surface area contributed by atoms with E-state index in [1.807, 2.05) is 30.9 Å². The van der Waals surface area contributed by atoms with Gasteiger partial charge in [-0.3, -0.25) is 9.59 Å². The highest BCUT2D eigenvalue weighted by atomic mass is 16.2. The van der Waals surface area contributed by atoms with Crippen molar-refractivity contribution in [1.29, 1.82) is 0 Å². The number of likely N-dealkylation sites (tertiary alicyclic amines) is 1. The highest BCUT2D eigenvalue weighted by Gasteiger charge is 2.33. The minimum absolute atomic E-state index is 0.0151. The number of benzene rings is 1. The number of hydrogen-bond donors (Lipinski definition) is 1. The van der Waals surface area contributed by atoms with Gasteiger partial charge in [0.15, 0.2) is 0 Å². The summed E-state index contributed by atoms with van der Waals surface area (Å²) in [6.07, 6.45) is 4.83. The second-order valence-corrected chi connectivity index (χ2v) is 7.09. The fraction of sp³-hybridized carbons (Fsp3) is 0.579. The standard InChI is InChI=1S/C19H26N2O2/c1-13-10-14(2)12-17(11-13)20-18(22)15-6-8-21(9-7-15)19(23)16-4-3-5-16/h10-12,15-16H,3-9H2,1-2H3,(H,20,22). The molecule has 1 heterocycles. The fourth-order valence-corrected chi connectivity index (χ4v) is 3.57. The maximum Gasteiger partial charge on any atom is 0.227 e. The molecule has 0 spiro atoms. The van der Waals surface area contributed by atoms with E-state index in [1.165, 1.54) is 6.42 Å². The maximum atomic E-state index is 12.5. The zero-order chi connectivity index (χ0) is 16.4. The lowest BCUT2D eigenvalue weighted by molar-refractivity contribution is -0.140. The van der Waals surface area contributed by atoms with Gasteiger partial charge in [0, 0.05) is 30.6 Å². The molecule has 2 aliphatic rings. The first-order chi connectivity index (χ1) is 11.0. The number of carbonyl (C=O) groups excluding carboxylic acids is 2. The summed E-state index contributed by atoms with van der Waals surface area (Å²) in [6, 6.07) is 6.10. The third-order valence-electron chi connectivity index (χ3n) is 5.12. The number of aryl methyl sites for hydroxylation is 2. The Morgan fingerprint density at radius 3 is 2.09 bits per heavy atom. The van der Waals surface area contributed by atoms with E-state index < -0.39 is 0 Å². The van der Waals surface area contributed by atoms with Crippen molar-refractivity contribution in [3.63, 3.8) is 0 Å². The Morgan fingerprint density at radius 2 is 1.57 bits per heavy atom. The molecule has 3 rings (SSSR count). The van der Waals surface area contributed by atoms with Crippen molar-refractivity contribution >= 4 is 17.5 Å². The van der Waals surface area contributed by atoms with E-state index in [0.29, 0.717) is 5.91 Å². The lowest BCUT2D eigenvalue weighted by Gasteiger charge is -2.36. The molecule has 1 aromatic carbocycles. The average molecular weight is 314 g/mol. The first-order valence-corrected chi connectivity index (χ1v) is 8.71. The van der Waals surface area contributed by atoms with Crippen molar-refractivity contribution in [3.05, 3.63) is 29.3 Å². The van der Waals surface area contributed by atoms with Gasteiger partial charge >= 0.3 is 0 Å². The van der Waals surface area contributed by atoms with E-state index >= 15 is 0 Å². The van der Waals surface area contributed by atoms with Crippen molar-refractivity contribution in [2.75, 3.05) is 18.4 Å². The average Bonchev–Trinajstić information content (AvgIpc) is 2.44. The predicted octanol–water partition coefficient (Wildman–Crippen LogP) is 3.28. The molecule has 4 heteroatoms. The van der Waals surface area contributed by atoms with Crippen LogP contribution < -0.4 is 5.32 Å². The molecular formula is C19H26N2O2. The number of nitrogens with one attached hydrogen (secondary N) is 1. The Hall–Kier alpha value is -1.84. The monoisotopic (exact) mass is 314 g/mol. The minimum atomic E-state index is 0.0151. The maximum absolute atomic E-state index is 12.5. The topological polar surface area (TPSA) is 49.4 Å². The van der Waals surface area contributed by atoms with Crippen LogP contribution in [0, 0.1) is 25.7 Å². The largest absolute Gasteiger partial charge is 0.342 e. The third kappa shape index (κ3) is 3.74.